The zero-order chi connectivity index (χ0) is 17.9. The van der Waals surface area contributed by atoms with Gasteiger partial charge in [-0.2, -0.15) is 4.76 Å². The summed E-state index contributed by atoms with van der Waals surface area (Å²) in [5.41, 5.74) is 0.823. The topological polar surface area (TPSA) is 131 Å². The van der Waals surface area contributed by atoms with Gasteiger partial charge in [-0.05, 0) is 42.2 Å². The molecule has 24 heavy (non-hydrogen) atoms. The molecular formula is C16H20NO6P. The first-order valence-electron chi connectivity index (χ1n) is 7.37. The largest absolute Gasteiger partial charge is 0.512 e. The SMILES string of the molecule is CC(CC(O)C1C(O)=CC=C/C1=N\P(=O)(O)O)c1ccc(O)cc1. The number of benzene rings is 1. The first-order valence-corrected chi connectivity index (χ1v) is 8.94. The zero-order valence-electron chi connectivity index (χ0n) is 13.0. The molecule has 2 rings (SSSR count). The van der Waals surface area contributed by atoms with Crippen LogP contribution in [-0.4, -0.2) is 36.9 Å². The van der Waals surface area contributed by atoms with Gasteiger partial charge in [-0.25, -0.2) is 4.57 Å². The minimum absolute atomic E-state index is 0.0614. The number of phenolic OH excluding ortho intramolecular Hbond substituents is 1. The van der Waals surface area contributed by atoms with Crippen molar-refractivity contribution in [2.24, 2.45) is 10.7 Å². The Hall–Kier alpha value is -1.92. The monoisotopic (exact) mass is 353 g/mol. The van der Waals surface area contributed by atoms with E-state index in [1.54, 1.807) is 24.3 Å². The molecule has 1 aromatic carbocycles. The van der Waals surface area contributed by atoms with Gasteiger partial charge in [-0.1, -0.05) is 25.1 Å². The van der Waals surface area contributed by atoms with Crippen LogP contribution in [0.5, 0.6) is 5.75 Å². The number of rotatable bonds is 5. The second kappa shape index (κ2) is 7.32. The molecule has 0 saturated carbocycles. The molecule has 0 heterocycles. The molecule has 130 valence electrons. The highest BCUT2D eigenvalue weighted by Crippen LogP contribution is 2.39. The summed E-state index contributed by atoms with van der Waals surface area (Å²) in [6.07, 6.45) is 3.29. The minimum Gasteiger partial charge on any atom is -0.512 e. The van der Waals surface area contributed by atoms with E-state index < -0.39 is 19.8 Å². The van der Waals surface area contributed by atoms with Crippen LogP contribution in [0, 0.1) is 5.92 Å². The molecule has 1 aliphatic rings. The Labute approximate surface area is 139 Å². The maximum atomic E-state index is 11.1. The quantitative estimate of drug-likeness (QED) is 0.517. The van der Waals surface area contributed by atoms with Gasteiger partial charge in [-0.15, -0.1) is 0 Å². The number of hydrogen-bond donors (Lipinski definition) is 5. The third-order valence-electron chi connectivity index (χ3n) is 3.86. The lowest BCUT2D eigenvalue weighted by Gasteiger charge is -2.26. The van der Waals surface area contributed by atoms with Crippen LogP contribution in [0.4, 0.5) is 0 Å². The first-order chi connectivity index (χ1) is 11.2. The Bertz CT molecular complexity index is 719. The van der Waals surface area contributed by atoms with Crippen molar-refractivity contribution in [1.29, 1.82) is 0 Å². The van der Waals surface area contributed by atoms with Gasteiger partial charge in [0, 0.05) is 0 Å². The molecule has 0 fully saturated rings. The van der Waals surface area contributed by atoms with E-state index in [1.807, 2.05) is 6.92 Å². The summed E-state index contributed by atoms with van der Waals surface area (Å²) < 4.78 is 14.4. The average Bonchev–Trinajstić information content (AvgIpc) is 2.46. The van der Waals surface area contributed by atoms with Gasteiger partial charge in [-0.3, -0.25) is 0 Å². The molecule has 0 amide bonds. The fourth-order valence-corrected chi connectivity index (χ4v) is 3.17. The summed E-state index contributed by atoms with van der Waals surface area (Å²) >= 11 is 0. The van der Waals surface area contributed by atoms with Crippen molar-refractivity contribution in [2.45, 2.75) is 25.4 Å². The van der Waals surface area contributed by atoms with Gasteiger partial charge in [0.25, 0.3) is 0 Å². The zero-order valence-corrected chi connectivity index (χ0v) is 13.9. The normalized spacial score (nSPS) is 22.2. The second-order valence-electron chi connectivity index (χ2n) is 5.76. The summed E-state index contributed by atoms with van der Waals surface area (Å²) in [6, 6.07) is 6.54. The third-order valence-corrected chi connectivity index (χ3v) is 4.35. The van der Waals surface area contributed by atoms with E-state index in [-0.39, 0.29) is 29.6 Å². The van der Waals surface area contributed by atoms with Crippen LogP contribution in [0.15, 0.2) is 53.0 Å². The van der Waals surface area contributed by atoms with Crippen LogP contribution >= 0.6 is 7.75 Å². The van der Waals surface area contributed by atoms with E-state index in [0.29, 0.717) is 0 Å². The van der Waals surface area contributed by atoms with E-state index in [2.05, 4.69) is 4.76 Å². The number of hydrogen-bond acceptors (Lipinski definition) is 4. The number of nitrogens with zero attached hydrogens (tertiary/aromatic N) is 1. The van der Waals surface area contributed by atoms with Crippen molar-refractivity contribution in [1.82, 2.24) is 0 Å². The van der Waals surface area contributed by atoms with Crippen LogP contribution in [0.2, 0.25) is 0 Å². The maximum Gasteiger partial charge on any atom is 0.448 e. The third kappa shape index (κ3) is 4.79. The fraction of sp³-hybridized carbons (Fsp3) is 0.312. The molecule has 5 N–H and O–H groups in total. The highest BCUT2D eigenvalue weighted by Gasteiger charge is 2.32. The Balaban J connectivity index is 2.19. The van der Waals surface area contributed by atoms with Crippen molar-refractivity contribution in [3.63, 3.8) is 0 Å². The molecule has 0 bridgehead atoms. The predicted molar refractivity (Wildman–Crippen MR) is 90.0 cm³/mol. The van der Waals surface area contributed by atoms with Gasteiger partial charge < -0.3 is 25.1 Å². The molecule has 0 radical (unpaired) electrons. The molecule has 0 aliphatic heterocycles. The molecule has 3 atom stereocenters. The Morgan fingerprint density at radius 3 is 2.42 bits per heavy atom. The molecule has 7 nitrogen and oxygen atoms in total. The predicted octanol–water partition coefficient (Wildman–Crippen LogP) is 2.41. The number of allylic oxidation sites excluding steroid dienone is 3. The summed E-state index contributed by atoms with van der Waals surface area (Å²) in [5, 5.41) is 29.8. The molecule has 1 aliphatic carbocycles. The van der Waals surface area contributed by atoms with Crippen LogP contribution in [0.25, 0.3) is 0 Å². The molecule has 0 saturated heterocycles. The Morgan fingerprint density at radius 1 is 1.21 bits per heavy atom. The smallest absolute Gasteiger partial charge is 0.448 e. The minimum atomic E-state index is -4.68. The molecule has 3 unspecified atom stereocenters. The van der Waals surface area contributed by atoms with E-state index in [1.165, 1.54) is 18.2 Å². The van der Waals surface area contributed by atoms with E-state index in [9.17, 15) is 19.9 Å². The lowest BCUT2D eigenvalue weighted by Crippen LogP contribution is -2.31. The van der Waals surface area contributed by atoms with Gasteiger partial charge in [0.15, 0.2) is 0 Å². The number of aromatic hydroxyl groups is 1. The molecule has 8 heteroatoms. The van der Waals surface area contributed by atoms with Crippen molar-refractivity contribution in [3.8, 4) is 5.75 Å². The summed E-state index contributed by atoms with van der Waals surface area (Å²) in [4.78, 5) is 18.0. The number of aliphatic hydroxyl groups is 2. The van der Waals surface area contributed by atoms with E-state index in [0.717, 1.165) is 5.56 Å². The van der Waals surface area contributed by atoms with Gasteiger partial charge in [0.2, 0.25) is 0 Å². The summed E-state index contributed by atoms with van der Waals surface area (Å²) in [5.74, 6) is -1.16. The number of aliphatic hydroxyl groups excluding tert-OH is 2. The lowest BCUT2D eigenvalue weighted by molar-refractivity contribution is 0.116. The highest BCUT2D eigenvalue weighted by molar-refractivity contribution is 7.50. The number of phenols is 1. The van der Waals surface area contributed by atoms with Crippen LogP contribution in [0.1, 0.15) is 24.8 Å². The Kier molecular flexibility index (Phi) is 5.62. The van der Waals surface area contributed by atoms with E-state index >= 15 is 0 Å². The van der Waals surface area contributed by atoms with Crippen molar-refractivity contribution in [2.75, 3.05) is 0 Å². The van der Waals surface area contributed by atoms with Crippen LogP contribution < -0.4 is 0 Å². The standard InChI is InChI=1S/C16H20NO6P/c1-10(11-5-7-12(18)8-6-11)9-15(20)16-13(17-24(21,22)23)3-2-4-14(16)19/h2-8,10,15-16,18-20H,9H2,1H3,(H2,21,22,23)/b17-13+. The Morgan fingerprint density at radius 2 is 1.83 bits per heavy atom. The lowest BCUT2D eigenvalue weighted by atomic mass is 9.84. The van der Waals surface area contributed by atoms with Crippen molar-refractivity contribution < 1.29 is 29.7 Å². The van der Waals surface area contributed by atoms with E-state index in [4.69, 9.17) is 9.79 Å². The summed E-state index contributed by atoms with van der Waals surface area (Å²) in [7, 11) is -4.68. The molecular weight excluding hydrogens is 333 g/mol. The van der Waals surface area contributed by atoms with Gasteiger partial charge >= 0.3 is 7.75 Å². The average molecular weight is 353 g/mol. The van der Waals surface area contributed by atoms with Gasteiger partial charge in [0.05, 0.1) is 17.7 Å². The van der Waals surface area contributed by atoms with Crippen molar-refractivity contribution >= 4 is 13.5 Å². The van der Waals surface area contributed by atoms with Crippen molar-refractivity contribution in [3.05, 3.63) is 53.8 Å². The van der Waals surface area contributed by atoms with Crippen LogP contribution in [0.3, 0.4) is 0 Å². The molecule has 0 spiro atoms. The molecule has 1 aromatic rings. The highest BCUT2D eigenvalue weighted by atomic mass is 31.2. The first kappa shape index (κ1) is 18.4. The second-order valence-corrected chi connectivity index (χ2v) is 6.99. The van der Waals surface area contributed by atoms with Gasteiger partial charge in [0.1, 0.15) is 11.5 Å². The maximum absolute atomic E-state index is 11.1. The molecule has 0 aromatic heterocycles. The summed E-state index contributed by atoms with van der Waals surface area (Å²) in [6.45, 7) is 1.87. The van der Waals surface area contributed by atoms with Crippen LogP contribution in [-0.2, 0) is 4.57 Å². The fourth-order valence-electron chi connectivity index (χ4n) is 2.68.